The van der Waals surface area contributed by atoms with Gasteiger partial charge in [0.1, 0.15) is 0 Å². The van der Waals surface area contributed by atoms with E-state index in [1.54, 1.807) is 0 Å². The van der Waals surface area contributed by atoms with Crippen molar-refractivity contribution in [1.29, 1.82) is 0 Å². The highest BCUT2D eigenvalue weighted by Gasteiger charge is 2.38. The van der Waals surface area contributed by atoms with Crippen LogP contribution in [0.2, 0.25) is 0 Å². The Morgan fingerprint density at radius 3 is 2.11 bits per heavy atom. The predicted octanol–water partition coefficient (Wildman–Crippen LogP) is 14.8. The average Bonchev–Trinajstić information content (AvgIpc) is 3.43. The van der Waals surface area contributed by atoms with Gasteiger partial charge in [-0.2, -0.15) is 0 Å². The van der Waals surface area contributed by atoms with Gasteiger partial charge in [-0.15, -0.1) is 0 Å². The molecule has 0 bridgehead atoms. The minimum absolute atomic E-state index is 0.00114. The van der Waals surface area contributed by atoms with Gasteiger partial charge in [-0.25, -0.2) is 0 Å². The van der Waals surface area contributed by atoms with Gasteiger partial charge in [0.25, 0.3) is 0 Å². The number of allylic oxidation sites excluding steroid dienone is 7. The standard InChI is InChI=1S/C53H48N2/c1-35(2)45-33-49-46(34-47(45)52(3,4)5)42-29-27-40(31-48(42)53(49,6)7)54(39-25-23-37(24-26-39)36-17-11-8-9-12-18-36)41-28-30-44-43-21-15-16-22-50(43)55(51(44)32-41)38-19-13-10-14-20-38/h8,10-34H,1,9H2,2-7H3. The first-order valence-corrected chi connectivity index (χ1v) is 19.5. The molecule has 2 nitrogen and oxygen atoms in total. The third-order valence-electron chi connectivity index (χ3n) is 11.7. The molecule has 0 amide bonds. The van der Waals surface area contributed by atoms with Gasteiger partial charge < -0.3 is 9.47 Å². The fraction of sp³-hybridized carbons (Fsp3) is 0.170. The van der Waals surface area contributed by atoms with Crippen molar-refractivity contribution in [2.75, 3.05) is 4.90 Å². The second kappa shape index (κ2) is 13.0. The van der Waals surface area contributed by atoms with Crippen molar-refractivity contribution in [3.05, 3.63) is 192 Å². The number of aromatic nitrogens is 1. The summed E-state index contributed by atoms with van der Waals surface area (Å²) in [5.74, 6) is 0. The summed E-state index contributed by atoms with van der Waals surface area (Å²) in [6.07, 6.45) is 12.0. The van der Waals surface area contributed by atoms with Gasteiger partial charge >= 0.3 is 0 Å². The third-order valence-corrected chi connectivity index (χ3v) is 11.7. The molecule has 0 spiro atoms. The smallest absolute Gasteiger partial charge is 0.0561 e. The van der Waals surface area contributed by atoms with Crippen molar-refractivity contribution in [1.82, 2.24) is 4.57 Å². The summed E-state index contributed by atoms with van der Waals surface area (Å²) in [4.78, 5) is 2.44. The van der Waals surface area contributed by atoms with Gasteiger partial charge in [0.2, 0.25) is 0 Å². The number of anilines is 3. The molecule has 1 heterocycles. The van der Waals surface area contributed by atoms with E-state index in [0.717, 1.165) is 34.7 Å². The van der Waals surface area contributed by atoms with Crippen LogP contribution < -0.4 is 4.90 Å². The van der Waals surface area contributed by atoms with E-state index in [1.165, 1.54) is 66.3 Å². The highest BCUT2D eigenvalue weighted by atomic mass is 15.1. The molecular formula is C53H48N2. The molecule has 2 aliphatic carbocycles. The zero-order chi connectivity index (χ0) is 38.1. The molecule has 0 atom stereocenters. The monoisotopic (exact) mass is 712 g/mol. The number of benzene rings is 6. The van der Waals surface area contributed by atoms with Crippen LogP contribution in [0.15, 0.2) is 164 Å². The van der Waals surface area contributed by atoms with Gasteiger partial charge in [0.15, 0.2) is 0 Å². The van der Waals surface area contributed by atoms with E-state index in [2.05, 4.69) is 215 Å². The molecule has 0 saturated heterocycles. The van der Waals surface area contributed by atoms with E-state index in [-0.39, 0.29) is 10.8 Å². The maximum Gasteiger partial charge on any atom is 0.0561 e. The Hall–Kier alpha value is -6.12. The Labute approximate surface area is 326 Å². The molecule has 0 saturated carbocycles. The molecular weight excluding hydrogens is 665 g/mol. The third kappa shape index (κ3) is 5.79. The number of para-hydroxylation sites is 2. The topological polar surface area (TPSA) is 8.17 Å². The molecule has 0 unspecified atom stereocenters. The van der Waals surface area contributed by atoms with E-state index in [4.69, 9.17) is 0 Å². The molecule has 0 radical (unpaired) electrons. The van der Waals surface area contributed by atoms with E-state index in [0.29, 0.717) is 0 Å². The lowest BCUT2D eigenvalue weighted by Crippen LogP contribution is -2.18. The van der Waals surface area contributed by atoms with E-state index < -0.39 is 0 Å². The number of hydrogen-bond acceptors (Lipinski definition) is 1. The molecule has 2 aliphatic rings. The van der Waals surface area contributed by atoms with Gasteiger partial charge in [-0.1, -0.05) is 138 Å². The van der Waals surface area contributed by atoms with Crippen LogP contribution in [0.25, 0.3) is 49.8 Å². The van der Waals surface area contributed by atoms with Crippen molar-refractivity contribution in [2.45, 2.75) is 58.8 Å². The van der Waals surface area contributed by atoms with Crippen LogP contribution in [0, 0.1) is 0 Å². The van der Waals surface area contributed by atoms with Crippen LogP contribution in [-0.4, -0.2) is 4.57 Å². The van der Waals surface area contributed by atoms with Crippen molar-refractivity contribution in [3.8, 4) is 16.8 Å². The lowest BCUT2D eigenvalue weighted by atomic mass is 9.77. The maximum absolute atomic E-state index is 4.41. The van der Waals surface area contributed by atoms with Gasteiger partial charge in [-0.3, -0.25) is 0 Å². The number of rotatable bonds is 6. The zero-order valence-electron chi connectivity index (χ0n) is 32.8. The maximum atomic E-state index is 4.41. The molecule has 0 N–H and O–H groups in total. The summed E-state index contributed by atoms with van der Waals surface area (Å²) in [5, 5.41) is 2.50. The second-order valence-electron chi connectivity index (χ2n) is 16.8. The van der Waals surface area contributed by atoms with E-state index >= 15 is 0 Å². The summed E-state index contributed by atoms with van der Waals surface area (Å²) in [5.41, 5.74) is 18.3. The molecule has 55 heavy (non-hydrogen) atoms. The first-order valence-electron chi connectivity index (χ1n) is 19.5. The molecule has 7 aromatic rings. The highest BCUT2D eigenvalue weighted by molar-refractivity contribution is 6.10. The molecule has 2 heteroatoms. The fourth-order valence-corrected chi connectivity index (χ4v) is 8.86. The molecule has 1 aromatic heterocycles. The summed E-state index contributed by atoms with van der Waals surface area (Å²) in [7, 11) is 0. The Morgan fingerprint density at radius 1 is 0.673 bits per heavy atom. The summed E-state index contributed by atoms with van der Waals surface area (Å²) in [6.45, 7) is 18.2. The van der Waals surface area contributed by atoms with Crippen LogP contribution >= 0.6 is 0 Å². The Balaban J connectivity index is 1.25. The highest BCUT2D eigenvalue weighted by Crippen LogP contribution is 2.53. The van der Waals surface area contributed by atoms with Crippen LogP contribution in [0.5, 0.6) is 0 Å². The average molecular weight is 713 g/mol. The first kappa shape index (κ1) is 34.6. The van der Waals surface area contributed by atoms with Crippen molar-refractivity contribution in [2.24, 2.45) is 0 Å². The summed E-state index contributed by atoms with van der Waals surface area (Å²) in [6, 6.07) is 47.5. The minimum atomic E-state index is -0.188. The van der Waals surface area contributed by atoms with Crippen molar-refractivity contribution < 1.29 is 0 Å². The lowest BCUT2D eigenvalue weighted by Gasteiger charge is -2.29. The molecule has 0 aliphatic heterocycles. The Bertz CT molecular complexity index is 2740. The normalized spacial score (nSPS) is 14.5. The van der Waals surface area contributed by atoms with Gasteiger partial charge in [0, 0.05) is 38.9 Å². The summed E-state index contributed by atoms with van der Waals surface area (Å²) < 4.78 is 2.41. The zero-order valence-corrected chi connectivity index (χ0v) is 32.8. The number of hydrogen-bond donors (Lipinski definition) is 0. The lowest BCUT2D eigenvalue weighted by molar-refractivity contribution is 0.587. The quantitative estimate of drug-likeness (QED) is 0.167. The number of nitrogens with zero attached hydrogens (tertiary/aromatic N) is 2. The molecule has 270 valence electrons. The fourth-order valence-electron chi connectivity index (χ4n) is 8.86. The van der Waals surface area contributed by atoms with Crippen molar-refractivity contribution in [3.63, 3.8) is 0 Å². The van der Waals surface area contributed by atoms with Gasteiger partial charge in [0.05, 0.1) is 11.0 Å². The predicted molar refractivity (Wildman–Crippen MR) is 237 cm³/mol. The van der Waals surface area contributed by atoms with E-state index in [9.17, 15) is 0 Å². The van der Waals surface area contributed by atoms with E-state index in [1.807, 2.05) is 0 Å². The number of fused-ring (bicyclic) bond motifs is 6. The van der Waals surface area contributed by atoms with Crippen LogP contribution in [0.1, 0.15) is 75.8 Å². The van der Waals surface area contributed by atoms with Crippen molar-refractivity contribution >= 4 is 50.0 Å². The largest absolute Gasteiger partial charge is 0.310 e. The van der Waals surface area contributed by atoms with Gasteiger partial charge in [-0.05, 0) is 130 Å². The second-order valence-corrected chi connectivity index (χ2v) is 16.8. The SMILES string of the molecule is C=C(C)c1cc2c(cc1C(C)(C)C)-c1ccc(N(c3ccc(C4=CC=CCC=C4)cc3)c3ccc4c5ccccc5n(-c5ccccc5)c4c3)cc1C2(C)C. The summed E-state index contributed by atoms with van der Waals surface area (Å²) >= 11 is 0. The van der Waals surface area contributed by atoms with Crippen LogP contribution in [0.3, 0.4) is 0 Å². The first-order chi connectivity index (χ1) is 26.5. The molecule has 6 aromatic carbocycles. The van der Waals surface area contributed by atoms with Crippen LogP contribution in [0.4, 0.5) is 17.1 Å². The molecule has 9 rings (SSSR count). The van der Waals surface area contributed by atoms with Crippen LogP contribution in [-0.2, 0) is 10.8 Å². The molecule has 0 fully saturated rings. The Kier molecular flexibility index (Phi) is 8.20. The minimum Gasteiger partial charge on any atom is -0.310 e. The Morgan fingerprint density at radius 2 is 1.35 bits per heavy atom.